The van der Waals surface area contributed by atoms with Gasteiger partial charge < -0.3 is 0 Å². The molecule has 0 saturated heterocycles. The van der Waals surface area contributed by atoms with Crippen LogP contribution in [0, 0.1) is 17.9 Å². The molecule has 4 nitrogen and oxygen atoms in total. The molecule has 2 aromatic heterocycles. The molecule has 0 aliphatic heterocycles. The fourth-order valence-corrected chi connectivity index (χ4v) is 6.15. The zero-order valence-corrected chi connectivity index (χ0v) is 22.0. The SMILES string of the molecule is [C-]#[N+]c1cncc(-c2ccc3c(c2)C(c2ccccc2)(c2ccccc2)c2cc(-c4cncc(C#N)c4)ccc2-3)c1. The Hall–Kier alpha value is -5.84. The zero-order valence-electron chi connectivity index (χ0n) is 22.0. The van der Waals surface area contributed by atoms with E-state index in [0.717, 1.165) is 33.4 Å². The molecule has 0 bridgehead atoms. The van der Waals surface area contributed by atoms with Gasteiger partial charge in [-0.1, -0.05) is 84.9 Å². The van der Waals surface area contributed by atoms with Gasteiger partial charge >= 0.3 is 0 Å². The molecule has 0 radical (unpaired) electrons. The first kappa shape index (κ1) is 24.2. The third-order valence-electron chi connectivity index (χ3n) is 7.94. The summed E-state index contributed by atoms with van der Waals surface area (Å²) >= 11 is 0. The number of pyridine rings is 2. The largest absolute Gasteiger partial charge is 0.276 e. The highest BCUT2D eigenvalue weighted by atomic mass is 14.7. The molecular weight excluding hydrogens is 500 g/mol. The van der Waals surface area contributed by atoms with E-state index in [-0.39, 0.29) is 0 Å². The molecule has 4 heteroatoms. The lowest BCUT2D eigenvalue weighted by Gasteiger charge is -2.34. The lowest BCUT2D eigenvalue weighted by atomic mass is 9.67. The minimum absolute atomic E-state index is 0.515. The first-order valence-corrected chi connectivity index (χ1v) is 13.3. The molecule has 0 unspecified atom stereocenters. The lowest BCUT2D eigenvalue weighted by Crippen LogP contribution is -2.28. The Morgan fingerprint density at radius 1 is 0.585 bits per heavy atom. The van der Waals surface area contributed by atoms with E-state index in [1.807, 2.05) is 36.7 Å². The van der Waals surface area contributed by atoms with Crippen LogP contribution in [0.4, 0.5) is 5.69 Å². The summed E-state index contributed by atoms with van der Waals surface area (Å²) in [5.74, 6) is 0. The summed E-state index contributed by atoms with van der Waals surface area (Å²) in [7, 11) is 0. The summed E-state index contributed by atoms with van der Waals surface area (Å²) in [4.78, 5) is 12.3. The average Bonchev–Trinajstić information content (AvgIpc) is 3.35. The molecule has 1 aliphatic rings. The summed E-state index contributed by atoms with van der Waals surface area (Å²) in [5.41, 5.74) is 11.3. The number of nitriles is 1. The van der Waals surface area contributed by atoms with Crippen molar-refractivity contribution in [1.82, 2.24) is 9.97 Å². The monoisotopic (exact) mass is 522 g/mol. The van der Waals surface area contributed by atoms with Crippen molar-refractivity contribution in [3.8, 4) is 39.4 Å². The van der Waals surface area contributed by atoms with E-state index in [0.29, 0.717) is 11.3 Å². The minimum atomic E-state index is -0.593. The molecule has 0 atom stereocenters. The molecule has 0 spiro atoms. The number of benzene rings is 4. The van der Waals surface area contributed by atoms with E-state index in [1.54, 1.807) is 12.4 Å². The molecule has 0 fully saturated rings. The quantitative estimate of drug-likeness (QED) is 0.218. The van der Waals surface area contributed by atoms with Crippen LogP contribution < -0.4 is 0 Å². The minimum Gasteiger partial charge on any atom is -0.276 e. The van der Waals surface area contributed by atoms with Crippen LogP contribution in [0.25, 0.3) is 38.2 Å². The van der Waals surface area contributed by atoms with E-state index in [2.05, 4.69) is 106 Å². The number of hydrogen-bond acceptors (Lipinski definition) is 3. The van der Waals surface area contributed by atoms with E-state index in [4.69, 9.17) is 6.57 Å². The summed E-state index contributed by atoms with van der Waals surface area (Å²) in [5, 5.41) is 9.50. The molecule has 7 rings (SSSR count). The molecule has 0 saturated carbocycles. The Labute approximate surface area is 238 Å². The third kappa shape index (κ3) is 3.82. The maximum atomic E-state index is 9.50. The van der Waals surface area contributed by atoms with Crippen molar-refractivity contribution in [2.75, 3.05) is 0 Å². The lowest BCUT2D eigenvalue weighted by molar-refractivity contribution is 0.769. The van der Waals surface area contributed by atoms with Crippen LogP contribution in [-0.4, -0.2) is 9.97 Å². The molecular formula is C37H22N4. The van der Waals surface area contributed by atoms with Gasteiger partial charge in [-0.15, -0.1) is 0 Å². The molecule has 2 heterocycles. The Kier molecular flexibility index (Phi) is 5.74. The second kappa shape index (κ2) is 9.72. The molecule has 4 aromatic carbocycles. The fourth-order valence-electron chi connectivity index (χ4n) is 6.15. The van der Waals surface area contributed by atoms with Crippen LogP contribution in [0.3, 0.4) is 0 Å². The standard InChI is InChI=1S/C37H22N4/c1-39-32-17-29(23-41-24-32)27-13-15-34-33-14-12-26(28-16-25(20-38)21-40-22-28)18-35(33)37(36(34)19-27,30-8-4-2-5-9-30)31-10-6-3-7-11-31/h2-19,21-24H. The van der Waals surface area contributed by atoms with Gasteiger partial charge in [0.1, 0.15) is 6.07 Å². The van der Waals surface area contributed by atoms with E-state index >= 15 is 0 Å². The van der Waals surface area contributed by atoms with Gasteiger partial charge in [-0.2, -0.15) is 5.26 Å². The van der Waals surface area contributed by atoms with Crippen LogP contribution in [0.15, 0.2) is 134 Å². The highest BCUT2D eigenvalue weighted by Gasteiger charge is 2.46. The number of fused-ring (bicyclic) bond motifs is 3. The van der Waals surface area contributed by atoms with Gasteiger partial charge in [0.2, 0.25) is 5.69 Å². The number of aromatic nitrogens is 2. The molecule has 41 heavy (non-hydrogen) atoms. The zero-order chi connectivity index (χ0) is 27.8. The first-order valence-electron chi connectivity index (χ1n) is 13.3. The van der Waals surface area contributed by atoms with Crippen LogP contribution in [-0.2, 0) is 5.41 Å². The third-order valence-corrected chi connectivity index (χ3v) is 7.94. The maximum Gasteiger partial charge on any atom is 0.205 e. The van der Waals surface area contributed by atoms with Gasteiger partial charge in [-0.25, -0.2) is 4.85 Å². The Morgan fingerprint density at radius 2 is 1.12 bits per heavy atom. The van der Waals surface area contributed by atoms with E-state index in [1.165, 1.54) is 22.3 Å². The van der Waals surface area contributed by atoms with Gasteiger partial charge in [-0.05, 0) is 74.3 Å². The summed E-state index contributed by atoms with van der Waals surface area (Å²) in [6, 6.07) is 40.4. The highest BCUT2D eigenvalue weighted by molar-refractivity contribution is 5.90. The number of hydrogen-bond donors (Lipinski definition) is 0. The van der Waals surface area contributed by atoms with E-state index in [9.17, 15) is 5.26 Å². The normalized spacial score (nSPS) is 12.5. The molecule has 0 N–H and O–H groups in total. The van der Waals surface area contributed by atoms with E-state index < -0.39 is 5.41 Å². The molecule has 6 aromatic rings. The smallest absolute Gasteiger partial charge is 0.205 e. The van der Waals surface area contributed by atoms with Crippen molar-refractivity contribution in [2.24, 2.45) is 0 Å². The first-order chi connectivity index (χ1) is 20.2. The van der Waals surface area contributed by atoms with Gasteiger partial charge in [0.25, 0.3) is 0 Å². The van der Waals surface area contributed by atoms with Gasteiger partial charge in [0.15, 0.2) is 0 Å². The maximum absolute atomic E-state index is 9.50. The summed E-state index contributed by atoms with van der Waals surface area (Å²) in [6.45, 7) is 7.48. The molecule has 190 valence electrons. The second-order valence-electron chi connectivity index (χ2n) is 10.1. The summed E-state index contributed by atoms with van der Waals surface area (Å²) < 4.78 is 0. The molecule has 0 amide bonds. The van der Waals surface area contributed by atoms with Crippen molar-refractivity contribution >= 4 is 5.69 Å². The average molecular weight is 523 g/mol. The van der Waals surface area contributed by atoms with Crippen molar-refractivity contribution in [3.63, 3.8) is 0 Å². The van der Waals surface area contributed by atoms with Crippen LogP contribution in [0.2, 0.25) is 0 Å². The number of nitrogens with zero attached hydrogens (tertiary/aromatic N) is 4. The Bertz CT molecular complexity index is 1870. The van der Waals surface area contributed by atoms with Gasteiger partial charge in [-0.3, -0.25) is 9.97 Å². The van der Waals surface area contributed by atoms with Crippen molar-refractivity contribution in [1.29, 1.82) is 5.26 Å². The van der Waals surface area contributed by atoms with Crippen molar-refractivity contribution in [3.05, 3.63) is 173 Å². The Balaban J connectivity index is 1.56. The second-order valence-corrected chi connectivity index (χ2v) is 10.1. The van der Waals surface area contributed by atoms with Crippen LogP contribution >= 0.6 is 0 Å². The predicted molar refractivity (Wildman–Crippen MR) is 161 cm³/mol. The highest BCUT2D eigenvalue weighted by Crippen LogP contribution is 2.57. The van der Waals surface area contributed by atoms with Crippen LogP contribution in [0.5, 0.6) is 0 Å². The number of rotatable bonds is 4. The summed E-state index contributed by atoms with van der Waals surface area (Å²) in [6.07, 6.45) is 6.81. The van der Waals surface area contributed by atoms with Gasteiger partial charge in [0.05, 0.1) is 17.6 Å². The Morgan fingerprint density at radius 3 is 1.66 bits per heavy atom. The van der Waals surface area contributed by atoms with Crippen molar-refractivity contribution < 1.29 is 0 Å². The van der Waals surface area contributed by atoms with Crippen LogP contribution in [0.1, 0.15) is 27.8 Å². The topological polar surface area (TPSA) is 53.9 Å². The molecule has 1 aliphatic carbocycles. The van der Waals surface area contributed by atoms with Crippen molar-refractivity contribution in [2.45, 2.75) is 5.41 Å². The fraction of sp³-hybridized carbons (Fsp3) is 0.0270. The van der Waals surface area contributed by atoms with Gasteiger partial charge in [0, 0.05) is 30.4 Å². The predicted octanol–water partition coefficient (Wildman–Crippen LogP) is 8.60.